The maximum Gasteiger partial charge on any atom is 0.123 e. The second kappa shape index (κ2) is 4.90. The van der Waals surface area contributed by atoms with E-state index in [0.29, 0.717) is 11.8 Å². The summed E-state index contributed by atoms with van der Waals surface area (Å²) in [5, 5.41) is 10.7. The highest BCUT2D eigenvalue weighted by Gasteiger charge is 2.51. The van der Waals surface area contributed by atoms with E-state index in [-0.39, 0.29) is 17.3 Å². The van der Waals surface area contributed by atoms with Crippen LogP contribution in [0.4, 0.5) is 4.39 Å². The zero-order valence-electron chi connectivity index (χ0n) is 11.6. The second-order valence-electron chi connectivity index (χ2n) is 6.47. The molecule has 0 amide bonds. The van der Waals surface area contributed by atoms with E-state index in [1.54, 1.807) is 12.1 Å². The van der Waals surface area contributed by atoms with Gasteiger partial charge in [0.25, 0.3) is 0 Å². The predicted molar refractivity (Wildman–Crippen MR) is 74.4 cm³/mol. The van der Waals surface area contributed by atoms with Crippen molar-refractivity contribution in [2.75, 3.05) is 0 Å². The average molecular weight is 262 g/mol. The molecule has 104 valence electrons. The van der Waals surface area contributed by atoms with Crippen LogP contribution in [0.5, 0.6) is 0 Å². The van der Waals surface area contributed by atoms with E-state index in [1.807, 2.05) is 6.07 Å². The fraction of sp³-hybridized carbons (Fsp3) is 0.647. The van der Waals surface area contributed by atoms with E-state index >= 15 is 0 Å². The number of halogens is 1. The lowest BCUT2D eigenvalue weighted by molar-refractivity contribution is -0.0420. The largest absolute Gasteiger partial charge is 0.392 e. The summed E-state index contributed by atoms with van der Waals surface area (Å²) in [5.41, 5.74) is 0.828. The van der Waals surface area contributed by atoms with Gasteiger partial charge in [0, 0.05) is 5.41 Å². The highest BCUT2D eigenvalue weighted by atomic mass is 19.1. The van der Waals surface area contributed by atoms with E-state index in [1.165, 1.54) is 18.9 Å². The number of fused-ring (bicyclic) bond motifs is 1. The van der Waals surface area contributed by atoms with Crippen molar-refractivity contribution in [2.24, 2.45) is 11.8 Å². The summed E-state index contributed by atoms with van der Waals surface area (Å²) >= 11 is 0. The first-order valence-corrected chi connectivity index (χ1v) is 7.58. The molecular weight excluding hydrogens is 239 g/mol. The first-order valence-electron chi connectivity index (χ1n) is 7.58. The molecule has 1 N–H and O–H groups in total. The molecule has 2 aliphatic carbocycles. The minimum Gasteiger partial charge on any atom is -0.392 e. The van der Waals surface area contributed by atoms with Gasteiger partial charge in [0.2, 0.25) is 0 Å². The molecule has 4 atom stereocenters. The fourth-order valence-corrected chi connectivity index (χ4v) is 4.68. The number of benzene rings is 1. The van der Waals surface area contributed by atoms with E-state index in [0.717, 1.165) is 31.2 Å². The van der Waals surface area contributed by atoms with Gasteiger partial charge in [0.15, 0.2) is 0 Å². The summed E-state index contributed by atoms with van der Waals surface area (Å²) in [6, 6.07) is 6.95. The molecule has 0 saturated heterocycles. The Hall–Kier alpha value is -0.890. The third kappa shape index (κ3) is 2.01. The minimum absolute atomic E-state index is 0.179. The highest BCUT2D eigenvalue weighted by Crippen LogP contribution is 2.54. The van der Waals surface area contributed by atoms with E-state index in [9.17, 15) is 9.50 Å². The van der Waals surface area contributed by atoms with E-state index < -0.39 is 0 Å². The van der Waals surface area contributed by atoms with Crippen LogP contribution >= 0.6 is 0 Å². The SMILES string of the molecule is C[C@H]1CCC[C@]2(c3cccc(F)c3)[C@@H](O)CCC[C@@H]12. The molecule has 1 aromatic carbocycles. The van der Waals surface area contributed by atoms with Crippen molar-refractivity contribution < 1.29 is 9.50 Å². The molecule has 1 aromatic rings. The standard InChI is InChI=1S/C17H23FO/c1-12-5-4-10-17(13-6-2-7-14(18)11-13)15(12)8-3-9-16(17)19/h2,6-7,11-12,15-16,19H,3-5,8-10H2,1H3/t12-,15-,16-,17+/m0/s1. The molecule has 1 nitrogen and oxygen atoms in total. The molecule has 2 saturated carbocycles. The molecule has 0 radical (unpaired) electrons. The Balaban J connectivity index is 2.09. The lowest BCUT2D eigenvalue weighted by Crippen LogP contribution is -2.53. The van der Waals surface area contributed by atoms with Gasteiger partial charge in [-0.05, 0) is 48.8 Å². The van der Waals surface area contributed by atoms with E-state index in [2.05, 4.69) is 6.92 Å². The number of hydrogen-bond donors (Lipinski definition) is 1. The monoisotopic (exact) mass is 262 g/mol. The third-order valence-corrected chi connectivity index (χ3v) is 5.55. The first-order chi connectivity index (χ1) is 9.14. The number of hydrogen-bond acceptors (Lipinski definition) is 1. The van der Waals surface area contributed by atoms with Crippen LogP contribution in [0.25, 0.3) is 0 Å². The molecule has 3 rings (SSSR count). The van der Waals surface area contributed by atoms with Gasteiger partial charge in [-0.3, -0.25) is 0 Å². The molecule has 2 heteroatoms. The van der Waals surface area contributed by atoms with Crippen molar-refractivity contribution in [3.63, 3.8) is 0 Å². The number of aliphatic hydroxyl groups excluding tert-OH is 1. The predicted octanol–water partition coefficient (Wildman–Crippen LogP) is 4.04. The molecule has 2 fully saturated rings. The summed E-state index contributed by atoms with van der Waals surface area (Å²) in [4.78, 5) is 0. The van der Waals surface area contributed by atoms with Crippen molar-refractivity contribution >= 4 is 0 Å². The average Bonchev–Trinajstić information content (AvgIpc) is 2.40. The summed E-state index contributed by atoms with van der Waals surface area (Å²) < 4.78 is 13.6. The van der Waals surface area contributed by atoms with Crippen molar-refractivity contribution in [1.82, 2.24) is 0 Å². The Morgan fingerprint density at radius 1 is 1.21 bits per heavy atom. The summed E-state index contributed by atoms with van der Waals surface area (Å²) in [7, 11) is 0. The molecular formula is C17H23FO. The summed E-state index contributed by atoms with van der Waals surface area (Å²) in [5.74, 6) is 0.959. The molecule has 19 heavy (non-hydrogen) atoms. The number of aliphatic hydroxyl groups is 1. The highest BCUT2D eigenvalue weighted by molar-refractivity contribution is 5.31. The van der Waals surface area contributed by atoms with Crippen LogP contribution in [-0.4, -0.2) is 11.2 Å². The molecule has 0 spiro atoms. The zero-order chi connectivity index (χ0) is 13.5. The van der Waals surface area contributed by atoms with Gasteiger partial charge in [0.05, 0.1) is 6.10 Å². The van der Waals surface area contributed by atoms with Crippen molar-refractivity contribution in [1.29, 1.82) is 0 Å². The van der Waals surface area contributed by atoms with Crippen molar-refractivity contribution in [3.8, 4) is 0 Å². The molecule has 0 aromatic heterocycles. The Morgan fingerprint density at radius 3 is 2.84 bits per heavy atom. The Labute approximate surface area is 114 Å². The maximum absolute atomic E-state index is 13.6. The molecule has 2 aliphatic rings. The van der Waals surface area contributed by atoms with Gasteiger partial charge in [-0.15, -0.1) is 0 Å². The van der Waals surface area contributed by atoms with Gasteiger partial charge in [-0.2, -0.15) is 0 Å². The van der Waals surface area contributed by atoms with Crippen LogP contribution in [0.15, 0.2) is 24.3 Å². The summed E-state index contributed by atoms with van der Waals surface area (Å²) in [6.07, 6.45) is 6.23. The Bertz CT molecular complexity index is 458. The van der Waals surface area contributed by atoms with Crippen LogP contribution in [0.3, 0.4) is 0 Å². The van der Waals surface area contributed by atoms with Crippen molar-refractivity contribution in [2.45, 2.75) is 57.0 Å². The van der Waals surface area contributed by atoms with Crippen LogP contribution < -0.4 is 0 Å². The lowest BCUT2D eigenvalue weighted by Gasteiger charge is -2.53. The molecule has 0 bridgehead atoms. The second-order valence-corrected chi connectivity index (χ2v) is 6.47. The van der Waals surface area contributed by atoms with Crippen LogP contribution in [0.1, 0.15) is 51.0 Å². The van der Waals surface area contributed by atoms with Gasteiger partial charge in [0.1, 0.15) is 5.82 Å². The Morgan fingerprint density at radius 2 is 2.05 bits per heavy atom. The number of rotatable bonds is 1. The maximum atomic E-state index is 13.6. The Kier molecular flexibility index (Phi) is 3.38. The van der Waals surface area contributed by atoms with Crippen molar-refractivity contribution in [3.05, 3.63) is 35.6 Å². The van der Waals surface area contributed by atoms with Gasteiger partial charge >= 0.3 is 0 Å². The molecule has 0 unspecified atom stereocenters. The van der Waals surface area contributed by atoms with E-state index in [4.69, 9.17) is 0 Å². The fourth-order valence-electron chi connectivity index (χ4n) is 4.68. The first kappa shape index (κ1) is 13.1. The summed E-state index contributed by atoms with van der Waals surface area (Å²) in [6.45, 7) is 2.30. The van der Waals surface area contributed by atoms with Crippen LogP contribution in [0.2, 0.25) is 0 Å². The van der Waals surface area contributed by atoms with Crippen LogP contribution in [-0.2, 0) is 5.41 Å². The molecule has 0 aliphatic heterocycles. The molecule has 0 heterocycles. The minimum atomic E-state index is -0.309. The van der Waals surface area contributed by atoms with Gasteiger partial charge < -0.3 is 5.11 Å². The topological polar surface area (TPSA) is 20.2 Å². The quantitative estimate of drug-likeness (QED) is 0.809. The van der Waals surface area contributed by atoms with Gasteiger partial charge in [-0.1, -0.05) is 38.3 Å². The van der Waals surface area contributed by atoms with Gasteiger partial charge in [-0.25, -0.2) is 4.39 Å². The third-order valence-electron chi connectivity index (χ3n) is 5.55. The zero-order valence-corrected chi connectivity index (χ0v) is 11.6. The normalized spacial score (nSPS) is 38.8. The smallest absolute Gasteiger partial charge is 0.123 e. The van der Waals surface area contributed by atoms with Crippen LogP contribution in [0, 0.1) is 17.7 Å². The lowest BCUT2D eigenvalue weighted by atomic mass is 9.52.